The highest BCUT2D eigenvalue weighted by Gasteiger charge is 2.29. The van der Waals surface area contributed by atoms with Gasteiger partial charge in [-0.05, 0) is 73.9 Å². The third-order valence-electron chi connectivity index (χ3n) is 6.73. The predicted molar refractivity (Wildman–Crippen MR) is 157 cm³/mol. The van der Waals surface area contributed by atoms with Gasteiger partial charge in [0.15, 0.2) is 0 Å². The number of ether oxygens (including phenoxy) is 1. The Morgan fingerprint density at radius 2 is 2.00 bits per heavy atom. The number of aryl methyl sites for hydroxylation is 1. The van der Waals surface area contributed by atoms with E-state index in [0.29, 0.717) is 5.02 Å². The van der Waals surface area contributed by atoms with Crippen LogP contribution in [-0.2, 0) is 18.2 Å². The fourth-order valence-electron chi connectivity index (χ4n) is 4.85. The molecule has 214 valence electrons. The third kappa shape index (κ3) is 7.45. The minimum atomic E-state index is -0.595. The van der Waals surface area contributed by atoms with Crippen LogP contribution in [0.15, 0.2) is 60.7 Å². The summed E-state index contributed by atoms with van der Waals surface area (Å²) in [6.45, 7) is 8.86. The topological polar surface area (TPSA) is 127 Å². The van der Waals surface area contributed by atoms with Crippen molar-refractivity contribution in [2.45, 2.75) is 44.9 Å². The Kier molecular flexibility index (Phi) is 9.21. The molecule has 1 aromatic heterocycles. The van der Waals surface area contributed by atoms with E-state index in [4.69, 9.17) is 22.1 Å². The van der Waals surface area contributed by atoms with Gasteiger partial charge in [-0.25, -0.2) is 14.6 Å². The van der Waals surface area contributed by atoms with Gasteiger partial charge < -0.3 is 35.9 Å². The lowest BCUT2D eigenvalue weighted by Gasteiger charge is -2.30. The van der Waals surface area contributed by atoms with Gasteiger partial charge in [0.2, 0.25) is 0 Å². The number of hydrogen-bond acceptors (Lipinski definition) is 6. The molecule has 3 heterocycles. The fraction of sp³-hybridized carbons (Fsp3) is 0.414. The molecule has 10 nitrogen and oxygen atoms in total. The number of rotatable bonds is 3. The van der Waals surface area contributed by atoms with E-state index >= 15 is 0 Å². The number of nitrogens with zero attached hydrogens (tertiary/aromatic N) is 3. The lowest BCUT2D eigenvalue weighted by atomic mass is 9.92. The predicted octanol–water partition coefficient (Wildman–Crippen LogP) is 3.66. The van der Waals surface area contributed by atoms with Gasteiger partial charge in [0.1, 0.15) is 5.60 Å². The molecule has 0 saturated carbocycles. The Labute approximate surface area is 240 Å². The number of carbonyl (C=O) groups excluding carboxylic acids is 2. The highest BCUT2D eigenvalue weighted by Crippen LogP contribution is 2.38. The first kappa shape index (κ1) is 29.2. The summed E-state index contributed by atoms with van der Waals surface area (Å²) in [7, 11) is 1.89. The highest BCUT2D eigenvalue weighted by molar-refractivity contribution is 6.30. The van der Waals surface area contributed by atoms with Crippen molar-refractivity contribution in [2.75, 3.05) is 26.2 Å². The lowest BCUT2D eigenvalue weighted by Crippen LogP contribution is -2.48. The van der Waals surface area contributed by atoms with Gasteiger partial charge >= 0.3 is 12.1 Å². The summed E-state index contributed by atoms with van der Waals surface area (Å²) in [6.07, 6.45) is 12.2. The van der Waals surface area contributed by atoms with Crippen molar-refractivity contribution in [2.24, 2.45) is 12.8 Å². The van der Waals surface area contributed by atoms with Crippen LogP contribution in [0.5, 0.6) is 0 Å². The number of halogens is 1. The standard InChI is InChI=1S/C20H20ClN5O.C9H18N2O2/c1-26-11-23-10-18(26)19(25-20(22)27)16-7-13-3-2-6-24-17(13)8-12-4-5-14(21)9-15(12)16;1-9(2,3)13-8(12)11-6-4-10-5-7-11/h2-7,9-11,17,19,24H,8H2,1H3,(H3,22,25,27);10H,4-7H2,1-3H3. The maximum atomic E-state index is 11.8. The number of nitrogens with one attached hydrogen (secondary N) is 3. The van der Waals surface area contributed by atoms with Crippen molar-refractivity contribution in [3.8, 4) is 0 Å². The molecule has 3 aliphatic rings. The van der Waals surface area contributed by atoms with E-state index in [-0.39, 0.29) is 17.7 Å². The second kappa shape index (κ2) is 12.6. The molecule has 5 N–H and O–H groups in total. The van der Waals surface area contributed by atoms with Crippen LogP contribution in [0.3, 0.4) is 0 Å². The molecule has 11 heteroatoms. The van der Waals surface area contributed by atoms with E-state index in [1.807, 2.05) is 62.9 Å². The van der Waals surface area contributed by atoms with Gasteiger partial charge in [-0.15, -0.1) is 0 Å². The van der Waals surface area contributed by atoms with E-state index in [1.54, 1.807) is 17.4 Å². The number of benzene rings is 1. The molecule has 0 bridgehead atoms. The average molecular weight is 568 g/mol. The zero-order valence-electron chi connectivity index (χ0n) is 23.4. The summed E-state index contributed by atoms with van der Waals surface area (Å²) in [5, 5.41) is 10.1. The molecule has 40 heavy (non-hydrogen) atoms. The van der Waals surface area contributed by atoms with Crippen molar-refractivity contribution in [3.05, 3.63) is 82.6 Å². The SMILES string of the molecule is CC(C)(C)OC(=O)N1CCNCC1.Cn1cncc1C(NC(N)=O)C1=CC2=CC=CNC2Cc2ccc(Cl)cc21. The van der Waals surface area contributed by atoms with Crippen molar-refractivity contribution < 1.29 is 14.3 Å². The molecule has 1 aromatic carbocycles. The number of carbonyl (C=O) groups is 2. The monoisotopic (exact) mass is 567 g/mol. The molecule has 2 aromatic rings. The second-order valence-corrected chi connectivity index (χ2v) is 11.4. The van der Waals surface area contributed by atoms with Crippen LogP contribution in [0.1, 0.15) is 43.6 Å². The number of nitrogens with two attached hydrogens (primary N) is 1. The van der Waals surface area contributed by atoms with Gasteiger partial charge in [-0.3, -0.25) is 0 Å². The quantitative estimate of drug-likeness (QED) is 0.448. The molecule has 1 aliphatic carbocycles. The zero-order valence-corrected chi connectivity index (χ0v) is 24.2. The fourth-order valence-corrected chi connectivity index (χ4v) is 5.03. The van der Waals surface area contributed by atoms with Crippen LogP contribution in [0.2, 0.25) is 5.02 Å². The Morgan fingerprint density at radius 3 is 2.65 bits per heavy atom. The number of hydrogen-bond donors (Lipinski definition) is 4. The van der Waals surface area contributed by atoms with Gasteiger partial charge in [0.05, 0.1) is 30.3 Å². The van der Waals surface area contributed by atoms with Gasteiger partial charge in [-0.2, -0.15) is 0 Å². The number of allylic oxidation sites excluding steroid dienone is 2. The highest BCUT2D eigenvalue weighted by atomic mass is 35.5. The molecule has 2 atom stereocenters. The average Bonchev–Trinajstić information content (AvgIpc) is 3.25. The molecule has 0 spiro atoms. The van der Waals surface area contributed by atoms with Gasteiger partial charge in [0.25, 0.3) is 0 Å². The summed E-state index contributed by atoms with van der Waals surface area (Å²) in [6, 6.07) is 5.00. The Balaban J connectivity index is 0.000000240. The maximum absolute atomic E-state index is 11.8. The van der Waals surface area contributed by atoms with Crippen molar-refractivity contribution in [1.29, 1.82) is 0 Å². The normalized spacial score (nSPS) is 18.8. The number of piperazine rings is 1. The minimum Gasteiger partial charge on any atom is -0.444 e. The Morgan fingerprint density at radius 1 is 1.25 bits per heavy atom. The van der Waals surface area contributed by atoms with Crippen LogP contribution >= 0.6 is 11.6 Å². The molecular weight excluding hydrogens is 530 g/mol. The molecule has 0 radical (unpaired) electrons. The lowest BCUT2D eigenvalue weighted by molar-refractivity contribution is 0.0229. The van der Waals surface area contributed by atoms with Crippen LogP contribution in [-0.4, -0.2) is 64.4 Å². The van der Waals surface area contributed by atoms with Crippen LogP contribution in [0, 0.1) is 0 Å². The molecule has 1 fully saturated rings. The number of primary amides is 1. The summed E-state index contributed by atoms with van der Waals surface area (Å²) < 4.78 is 7.11. The Hall–Kier alpha value is -3.76. The van der Waals surface area contributed by atoms with E-state index < -0.39 is 12.1 Å². The van der Waals surface area contributed by atoms with Crippen molar-refractivity contribution >= 4 is 29.3 Å². The first-order valence-electron chi connectivity index (χ1n) is 13.4. The Bertz CT molecular complexity index is 1320. The zero-order chi connectivity index (χ0) is 28.9. The number of aromatic nitrogens is 2. The number of imidazole rings is 1. The van der Waals surface area contributed by atoms with E-state index in [1.165, 1.54) is 0 Å². The first-order chi connectivity index (χ1) is 19.0. The van der Waals surface area contributed by atoms with Crippen molar-refractivity contribution in [3.63, 3.8) is 0 Å². The largest absolute Gasteiger partial charge is 0.444 e. The molecule has 5 rings (SSSR count). The van der Waals surface area contributed by atoms with Crippen LogP contribution < -0.4 is 21.7 Å². The van der Waals surface area contributed by atoms with Gasteiger partial charge in [0, 0.05) is 38.2 Å². The number of amides is 3. The number of fused-ring (bicyclic) bond motifs is 2. The smallest absolute Gasteiger partial charge is 0.410 e. The van der Waals surface area contributed by atoms with Crippen LogP contribution in [0.25, 0.3) is 5.57 Å². The van der Waals surface area contributed by atoms with E-state index in [0.717, 1.165) is 60.6 Å². The molecule has 3 amide bonds. The molecule has 2 aliphatic heterocycles. The summed E-state index contributed by atoms with van der Waals surface area (Å²) in [5.41, 5.74) is 10.2. The number of dihydropyridines is 1. The molecule has 2 unspecified atom stereocenters. The third-order valence-corrected chi connectivity index (χ3v) is 6.96. The summed E-state index contributed by atoms with van der Waals surface area (Å²) in [4.78, 5) is 29.2. The molecule has 1 saturated heterocycles. The second-order valence-electron chi connectivity index (χ2n) is 10.9. The number of urea groups is 1. The van der Waals surface area contributed by atoms with Gasteiger partial charge in [-0.1, -0.05) is 29.8 Å². The minimum absolute atomic E-state index is 0.160. The maximum Gasteiger partial charge on any atom is 0.410 e. The molecular formula is C29H38ClN7O3. The first-order valence-corrected chi connectivity index (χ1v) is 13.7. The summed E-state index contributed by atoms with van der Waals surface area (Å²) in [5.74, 6) is 0. The van der Waals surface area contributed by atoms with E-state index in [9.17, 15) is 9.59 Å². The van der Waals surface area contributed by atoms with E-state index in [2.05, 4.69) is 33.1 Å². The van der Waals surface area contributed by atoms with Crippen LogP contribution in [0.4, 0.5) is 9.59 Å². The van der Waals surface area contributed by atoms with Crippen molar-refractivity contribution in [1.82, 2.24) is 30.4 Å². The summed E-state index contributed by atoms with van der Waals surface area (Å²) >= 11 is 6.32.